The van der Waals surface area contributed by atoms with Crippen LogP contribution >= 0.6 is 0 Å². The molecule has 1 aromatic carbocycles. The van der Waals surface area contributed by atoms with E-state index < -0.39 is 121 Å². The second-order valence-corrected chi connectivity index (χ2v) is 20.7. The molecule has 4 heterocycles. The molecule has 0 spiro atoms. The Morgan fingerprint density at radius 2 is 1.70 bits per heavy atom. The number of fused-ring (bicyclic) bond motifs is 1. The normalized spacial score (nSPS) is 34.4. The van der Waals surface area contributed by atoms with Crippen LogP contribution in [0.1, 0.15) is 118 Å². The monoisotopic (exact) mass is 1030 g/mol. The van der Waals surface area contributed by atoms with Crippen LogP contribution in [0.2, 0.25) is 0 Å². The Balaban J connectivity index is 1.44. The van der Waals surface area contributed by atoms with Crippen LogP contribution < -0.4 is 0 Å². The molecule has 5 unspecified atom stereocenters. The average molecular weight is 1030 g/mol. The van der Waals surface area contributed by atoms with E-state index in [2.05, 4.69) is 11.1 Å². The number of likely N-dealkylation sites (N-methyl/N-ethyl adjacent to an activating group) is 2. The molecule has 2 aromatic rings. The van der Waals surface area contributed by atoms with Crippen molar-refractivity contribution in [1.29, 1.82) is 0 Å². The second-order valence-electron chi connectivity index (χ2n) is 20.7. The summed E-state index contributed by atoms with van der Waals surface area (Å²) in [6.45, 7) is 12.5. The third-order valence-corrected chi connectivity index (χ3v) is 14.5. The fourth-order valence-electron chi connectivity index (χ4n) is 10.7. The highest BCUT2D eigenvalue weighted by atomic mass is 16.7. The van der Waals surface area contributed by atoms with E-state index in [1.54, 1.807) is 53.6 Å². The average Bonchev–Trinajstić information content (AvgIpc) is 3.32. The summed E-state index contributed by atoms with van der Waals surface area (Å²) in [4.78, 5) is 73.4. The van der Waals surface area contributed by atoms with E-state index in [1.807, 2.05) is 49.3 Å². The van der Waals surface area contributed by atoms with E-state index in [4.69, 9.17) is 42.6 Å². The van der Waals surface area contributed by atoms with Gasteiger partial charge in [-0.3, -0.25) is 24.2 Å². The minimum Gasteiger partial charge on any atom is -0.462 e. The summed E-state index contributed by atoms with van der Waals surface area (Å²) in [5.41, 5.74) is 0.647. The first-order chi connectivity index (χ1) is 34.7. The number of aliphatic hydroxyl groups excluding tert-OH is 2. The number of aryl methyl sites for hydroxylation is 1. The molecule has 3 fully saturated rings. The maximum Gasteiger partial charge on any atom is 0.309 e. The number of ether oxygens (including phenoxy) is 9. The zero-order chi connectivity index (χ0) is 53.6. The van der Waals surface area contributed by atoms with Crippen LogP contribution in [0.3, 0.4) is 0 Å². The van der Waals surface area contributed by atoms with Gasteiger partial charge in [0.2, 0.25) is 0 Å². The molecule has 16 atom stereocenters. The molecule has 5 rings (SSSR count). The van der Waals surface area contributed by atoms with Crippen molar-refractivity contribution >= 4 is 41.1 Å². The van der Waals surface area contributed by atoms with Crippen molar-refractivity contribution in [3.05, 3.63) is 42.1 Å². The molecular formula is C54H83N3O16. The number of aromatic nitrogens is 1. The van der Waals surface area contributed by atoms with Gasteiger partial charge in [-0.25, -0.2) is 0 Å². The number of nitrogens with zero attached hydrogens (tertiary/aromatic N) is 3. The number of aldehydes is 1. The number of aliphatic hydroxyl groups is 2. The zero-order valence-corrected chi connectivity index (χ0v) is 44.8. The summed E-state index contributed by atoms with van der Waals surface area (Å²) in [6.07, 6.45) is -6.55. The van der Waals surface area contributed by atoms with Crippen molar-refractivity contribution in [2.24, 2.45) is 11.8 Å². The Morgan fingerprint density at radius 1 is 0.986 bits per heavy atom. The second kappa shape index (κ2) is 28.1. The Bertz CT molecular complexity index is 2100. The molecule has 3 aliphatic heterocycles. The largest absolute Gasteiger partial charge is 0.462 e. The SMILES string of the molecule is CCC(=O)O[C@@H]1CC(=O)O[C@@H](CCCc2cnc3ccccc3c2)CCCN(C)C[C@H](O)[C@H](C)C[C@H](CC=O)[C@H](O[C@@H]2OC(C)[C@H](O[C@H]3CC(C)(OC(C)=O)[C@@H](OC(=O)CC)C(C)O3)C(N(C)C)C2O)[C@H]1OC. The first kappa shape index (κ1) is 59.7. The van der Waals surface area contributed by atoms with Crippen molar-refractivity contribution in [3.63, 3.8) is 0 Å². The molecule has 0 saturated carbocycles. The lowest BCUT2D eigenvalue weighted by Gasteiger charge is -2.50. The molecule has 0 amide bonds. The van der Waals surface area contributed by atoms with Gasteiger partial charge in [0.15, 0.2) is 24.3 Å². The minimum atomic E-state index is -1.44. The van der Waals surface area contributed by atoms with Crippen molar-refractivity contribution < 1.29 is 76.8 Å². The Kier molecular flexibility index (Phi) is 23.0. The van der Waals surface area contributed by atoms with Gasteiger partial charge in [0.1, 0.15) is 36.8 Å². The molecule has 2 N–H and O–H groups in total. The van der Waals surface area contributed by atoms with Gasteiger partial charge in [0.25, 0.3) is 0 Å². The van der Waals surface area contributed by atoms with E-state index in [0.29, 0.717) is 45.2 Å². The predicted octanol–water partition coefficient (Wildman–Crippen LogP) is 5.10. The van der Waals surface area contributed by atoms with Gasteiger partial charge in [-0.05, 0) is 117 Å². The van der Waals surface area contributed by atoms with Crippen LogP contribution in [0.15, 0.2) is 36.5 Å². The van der Waals surface area contributed by atoms with E-state index in [0.717, 1.165) is 22.8 Å². The number of hydrogen-bond donors (Lipinski definition) is 2. The quantitative estimate of drug-likeness (QED) is 0.119. The molecule has 73 heavy (non-hydrogen) atoms. The Labute approximate surface area is 431 Å². The summed E-state index contributed by atoms with van der Waals surface area (Å²) < 4.78 is 56.2. The molecule has 410 valence electrons. The number of rotatable bonds is 17. The lowest BCUT2D eigenvalue weighted by atomic mass is 9.82. The molecule has 3 saturated heterocycles. The molecule has 19 heteroatoms. The lowest BCUT2D eigenvalue weighted by Crippen LogP contribution is -2.66. The van der Waals surface area contributed by atoms with Gasteiger partial charge in [0, 0.05) is 57.8 Å². The molecule has 0 aliphatic carbocycles. The number of para-hydroxylation sites is 1. The maximum atomic E-state index is 14.2. The smallest absolute Gasteiger partial charge is 0.309 e. The molecule has 0 radical (unpaired) electrons. The number of β-amino-alcohol motifs (C(OH)–C–C–N with tert-alkyl or cyclic N) is 1. The van der Waals surface area contributed by atoms with E-state index in [-0.39, 0.29) is 38.0 Å². The van der Waals surface area contributed by atoms with E-state index >= 15 is 0 Å². The number of hydrogen-bond acceptors (Lipinski definition) is 19. The van der Waals surface area contributed by atoms with Crippen LogP contribution in [-0.2, 0) is 73.0 Å². The summed E-state index contributed by atoms with van der Waals surface area (Å²) in [5, 5.41) is 25.1. The first-order valence-corrected chi connectivity index (χ1v) is 26.1. The summed E-state index contributed by atoms with van der Waals surface area (Å²) in [6, 6.07) is 9.22. The topological polar surface area (TPSA) is 228 Å². The number of benzene rings is 1. The van der Waals surface area contributed by atoms with Crippen molar-refractivity contribution in [2.75, 3.05) is 41.3 Å². The highest BCUT2D eigenvalue weighted by molar-refractivity contribution is 5.78. The first-order valence-electron chi connectivity index (χ1n) is 26.1. The standard InChI is InChI=1S/C54H83N3O16/c1-12-43(61)69-42-28-45(63)68-39(20-16-18-36-27-37-19-14-15-22-40(37)55-30-36)21-17-24-57(10)31-41(60)32(3)26-38(23-25-58)50(51(42)65-11)72-53-48(64)47(56(8)9)49(33(4)67-53)71-46-29-54(7,73-35(6)59)52(34(5)66-46)70-44(62)13-2/h14-15,19,22,25,27,30,32-34,38-39,41-42,46-53,60,64H,12-13,16-18,20-21,23-24,26,28-29,31H2,1-11H3/t32-,33?,34?,38+,39+,41+,42-,46+,47?,48?,49+,50+,51+,52+,53+,54?/m1/s1. The van der Waals surface area contributed by atoms with Gasteiger partial charge in [-0.1, -0.05) is 39.0 Å². The van der Waals surface area contributed by atoms with Gasteiger partial charge in [0.05, 0.1) is 42.4 Å². The summed E-state index contributed by atoms with van der Waals surface area (Å²) in [7, 11) is 6.83. The third-order valence-electron chi connectivity index (χ3n) is 14.5. The fourth-order valence-corrected chi connectivity index (χ4v) is 10.7. The number of methoxy groups -OCH3 is 1. The van der Waals surface area contributed by atoms with Crippen molar-refractivity contribution in [2.45, 2.75) is 204 Å². The van der Waals surface area contributed by atoms with Crippen LogP contribution in [-0.4, -0.2) is 182 Å². The van der Waals surface area contributed by atoms with Crippen molar-refractivity contribution in [1.82, 2.24) is 14.8 Å². The van der Waals surface area contributed by atoms with E-state index in [1.165, 1.54) is 14.0 Å². The molecular weight excluding hydrogens is 947 g/mol. The molecule has 0 bridgehead atoms. The summed E-state index contributed by atoms with van der Waals surface area (Å²) in [5.74, 6) is -3.39. The Morgan fingerprint density at radius 3 is 2.37 bits per heavy atom. The summed E-state index contributed by atoms with van der Waals surface area (Å²) >= 11 is 0. The number of pyridine rings is 1. The number of carbonyl (C=O) groups is 5. The number of esters is 4. The Hall–Kier alpha value is -4.18. The van der Waals surface area contributed by atoms with Crippen LogP contribution in [0.25, 0.3) is 10.9 Å². The van der Waals surface area contributed by atoms with Crippen LogP contribution in [0.4, 0.5) is 0 Å². The van der Waals surface area contributed by atoms with Crippen LogP contribution in [0, 0.1) is 11.8 Å². The van der Waals surface area contributed by atoms with Gasteiger partial charge in [-0.2, -0.15) is 0 Å². The van der Waals surface area contributed by atoms with Gasteiger partial charge < -0.3 is 67.4 Å². The van der Waals surface area contributed by atoms with Gasteiger partial charge >= 0.3 is 23.9 Å². The fraction of sp³-hybridized carbons (Fsp3) is 0.741. The number of cyclic esters (lactones) is 1. The minimum absolute atomic E-state index is 0.0177. The lowest BCUT2D eigenvalue weighted by molar-refractivity contribution is -0.344. The molecule has 3 aliphatic rings. The number of carbonyl (C=O) groups excluding carboxylic acids is 5. The highest BCUT2D eigenvalue weighted by Crippen LogP contribution is 2.39. The van der Waals surface area contributed by atoms with Crippen LogP contribution in [0.5, 0.6) is 0 Å². The predicted molar refractivity (Wildman–Crippen MR) is 268 cm³/mol. The molecule has 19 nitrogen and oxygen atoms in total. The third kappa shape index (κ3) is 16.7. The van der Waals surface area contributed by atoms with E-state index in [9.17, 15) is 34.2 Å². The molecule has 1 aromatic heterocycles. The highest BCUT2D eigenvalue weighted by Gasteiger charge is 2.54. The zero-order valence-electron chi connectivity index (χ0n) is 44.8. The van der Waals surface area contributed by atoms with Gasteiger partial charge in [-0.15, -0.1) is 0 Å². The van der Waals surface area contributed by atoms with Crippen molar-refractivity contribution in [3.8, 4) is 0 Å². The maximum absolute atomic E-state index is 14.2.